The summed E-state index contributed by atoms with van der Waals surface area (Å²) >= 11 is 0. The van der Waals surface area contributed by atoms with Gasteiger partial charge in [0.1, 0.15) is 11.6 Å². The van der Waals surface area contributed by atoms with Gasteiger partial charge >= 0.3 is 6.18 Å². The van der Waals surface area contributed by atoms with E-state index in [2.05, 4.69) is 16.0 Å². The number of nitrogens with two attached hydrogens (primary N) is 3. The number of nitrogens with one attached hydrogen (secondary N) is 3. The molecule has 3 amide bonds. The van der Waals surface area contributed by atoms with Gasteiger partial charge < -0.3 is 38.1 Å². The van der Waals surface area contributed by atoms with Crippen LogP contribution in [-0.2, 0) is 27.0 Å². The highest BCUT2D eigenvalue weighted by Crippen LogP contribution is 2.30. The smallest absolute Gasteiger partial charge is 0.343 e. The number of alkyl halides is 3. The van der Waals surface area contributed by atoms with Crippen molar-refractivity contribution in [2.75, 3.05) is 44.6 Å². The first-order chi connectivity index (χ1) is 19.0. The zero-order chi connectivity index (χ0) is 29.6. The number of carbonyl (C=O) groups excluding carboxylic acids is 3. The summed E-state index contributed by atoms with van der Waals surface area (Å²) in [6.07, 6.45) is -3.41. The molecule has 0 heterocycles. The summed E-state index contributed by atoms with van der Waals surface area (Å²) in [5.74, 6) is -1.40. The van der Waals surface area contributed by atoms with Gasteiger partial charge in [0, 0.05) is 38.4 Å². The molecule has 17 heteroatoms. The first-order valence-corrected chi connectivity index (χ1v) is 12.9. The van der Waals surface area contributed by atoms with Crippen molar-refractivity contribution in [3.8, 4) is 0 Å². The Bertz CT molecular complexity index is 1110. The fourth-order valence-corrected chi connectivity index (χ4v) is 4.03. The van der Waals surface area contributed by atoms with E-state index in [0.717, 1.165) is 17.7 Å². The summed E-state index contributed by atoms with van der Waals surface area (Å²) in [5, 5.41) is 8.21. The molecule has 0 unspecified atom stereocenters. The lowest BCUT2D eigenvalue weighted by atomic mass is 9.93. The number of hydrogen-bond acceptors (Lipinski definition) is 7. The van der Waals surface area contributed by atoms with E-state index in [1.165, 1.54) is 17.0 Å². The summed E-state index contributed by atoms with van der Waals surface area (Å²) < 4.78 is 39.5. The highest BCUT2D eigenvalue weighted by atomic mass is 35.5. The number of benzene rings is 2. The average molecular weight is 711 g/mol. The molecule has 44 heavy (non-hydrogen) atoms. The van der Waals surface area contributed by atoms with Gasteiger partial charge in [0.2, 0.25) is 18.2 Å². The zero-order valence-corrected chi connectivity index (χ0v) is 27.2. The van der Waals surface area contributed by atoms with Crippen LogP contribution in [0.2, 0.25) is 0 Å². The molecular formula is C27H42Cl4F3N7O3. The van der Waals surface area contributed by atoms with Crippen molar-refractivity contribution in [3.63, 3.8) is 0 Å². The van der Waals surface area contributed by atoms with E-state index in [4.69, 9.17) is 17.2 Å². The van der Waals surface area contributed by atoms with Gasteiger partial charge in [-0.1, -0.05) is 36.4 Å². The van der Waals surface area contributed by atoms with Gasteiger partial charge in [-0.2, -0.15) is 13.2 Å². The molecular weight excluding hydrogens is 669 g/mol. The van der Waals surface area contributed by atoms with Crippen LogP contribution in [0.3, 0.4) is 0 Å². The van der Waals surface area contributed by atoms with Gasteiger partial charge in [-0.05, 0) is 49.6 Å². The molecule has 252 valence electrons. The number of rotatable bonds is 17. The molecule has 0 spiro atoms. The van der Waals surface area contributed by atoms with Crippen molar-refractivity contribution in [1.29, 1.82) is 0 Å². The maximum absolute atomic E-state index is 13.6. The highest BCUT2D eigenvalue weighted by molar-refractivity contribution is 5.98. The van der Waals surface area contributed by atoms with Crippen LogP contribution < -0.4 is 33.2 Å². The molecule has 10 nitrogen and oxygen atoms in total. The quantitative estimate of drug-likeness (QED) is 0.108. The average Bonchev–Trinajstić information content (AvgIpc) is 2.93. The monoisotopic (exact) mass is 709 g/mol. The Morgan fingerprint density at radius 1 is 0.932 bits per heavy atom. The molecule has 0 aliphatic heterocycles. The standard InChI is InChI=1S/C27H38F3N7O3.4ClH/c28-27(29,30)21-7-4-8-22(17-21)35-24(39)23(10-9-20-5-2-1-3-6-20)36-25(40)26(33,11-14-34-15-12-31)18-37(19-38)16-13-32;;;;/h1-8,17,19,23,34H,9-16,18,31-33H2,(H,35,39)(H,36,40);4*1H/t23-,26+;;;;/m0..../s1. The molecule has 9 N–H and O–H groups in total. The Morgan fingerprint density at radius 2 is 1.59 bits per heavy atom. The second kappa shape index (κ2) is 23.0. The van der Waals surface area contributed by atoms with Crippen molar-refractivity contribution in [2.45, 2.75) is 37.0 Å². The Labute approximate surface area is 280 Å². The topological polar surface area (TPSA) is 169 Å². The third-order valence-corrected chi connectivity index (χ3v) is 6.22. The number of halogens is 7. The molecule has 0 aliphatic rings. The SMILES string of the molecule is Cl.Cl.Cl.Cl.NCCNCC[C@@](N)(CN(C=O)CCN)C(=O)N[C@@H](CCc1ccccc1)C(=O)Nc1cccc(C(F)(F)F)c1. The normalized spacial score (nSPS) is 12.4. The van der Waals surface area contributed by atoms with Crippen molar-refractivity contribution in [2.24, 2.45) is 17.2 Å². The molecule has 0 fully saturated rings. The molecule has 0 bridgehead atoms. The van der Waals surface area contributed by atoms with Gasteiger partial charge in [0.05, 0.1) is 5.56 Å². The maximum Gasteiger partial charge on any atom is 0.416 e. The van der Waals surface area contributed by atoms with Gasteiger partial charge in [-0.15, -0.1) is 49.6 Å². The summed E-state index contributed by atoms with van der Waals surface area (Å²) in [6.45, 7) is 1.32. The summed E-state index contributed by atoms with van der Waals surface area (Å²) in [7, 11) is 0. The lowest BCUT2D eigenvalue weighted by Crippen LogP contribution is -2.63. The van der Waals surface area contributed by atoms with E-state index in [9.17, 15) is 27.6 Å². The molecule has 0 saturated carbocycles. The van der Waals surface area contributed by atoms with Crippen molar-refractivity contribution in [3.05, 3.63) is 65.7 Å². The summed E-state index contributed by atoms with van der Waals surface area (Å²) in [5.41, 5.74) is 15.9. The predicted octanol–water partition coefficient (Wildman–Crippen LogP) is 2.50. The van der Waals surface area contributed by atoms with Crippen molar-refractivity contribution < 1.29 is 27.6 Å². The van der Waals surface area contributed by atoms with E-state index in [0.29, 0.717) is 32.5 Å². The van der Waals surface area contributed by atoms with Gasteiger partial charge in [-0.3, -0.25) is 14.4 Å². The Morgan fingerprint density at radius 3 is 2.16 bits per heavy atom. The Kier molecular flexibility index (Phi) is 24.1. The van der Waals surface area contributed by atoms with Crippen LogP contribution >= 0.6 is 49.6 Å². The van der Waals surface area contributed by atoms with Crippen molar-refractivity contribution >= 4 is 73.5 Å². The molecule has 2 aromatic rings. The minimum absolute atomic E-state index is 0. The number of amides is 3. The van der Waals surface area contributed by atoms with Crippen LogP contribution in [0.5, 0.6) is 0 Å². The Hall–Kier alpha value is -2.36. The Balaban J connectivity index is -0.00000420. The largest absolute Gasteiger partial charge is 0.416 e. The summed E-state index contributed by atoms with van der Waals surface area (Å²) in [6, 6.07) is 12.3. The molecule has 2 rings (SSSR count). The summed E-state index contributed by atoms with van der Waals surface area (Å²) in [4.78, 5) is 39.7. The fourth-order valence-electron chi connectivity index (χ4n) is 4.03. The third-order valence-electron chi connectivity index (χ3n) is 6.22. The van der Waals surface area contributed by atoms with Gasteiger partial charge in [-0.25, -0.2) is 0 Å². The maximum atomic E-state index is 13.6. The van der Waals surface area contributed by atoms with Crippen LogP contribution in [0, 0.1) is 0 Å². The zero-order valence-electron chi connectivity index (χ0n) is 23.9. The van der Waals surface area contributed by atoms with E-state index in [1.807, 2.05) is 30.3 Å². The molecule has 0 aliphatic carbocycles. The van der Waals surface area contributed by atoms with Crippen LogP contribution in [0.4, 0.5) is 18.9 Å². The molecule has 0 aromatic heterocycles. The number of hydrogen-bond donors (Lipinski definition) is 6. The minimum atomic E-state index is -4.59. The van der Waals surface area contributed by atoms with E-state index in [1.54, 1.807) is 0 Å². The van der Waals surface area contributed by atoms with Gasteiger partial charge in [0.25, 0.3) is 0 Å². The number of anilines is 1. The third kappa shape index (κ3) is 15.6. The predicted molar refractivity (Wildman–Crippen MR) is 176 cm³/mol. The van der Waals surface area contributed by atoms with Crippen LogP contribution in [-0.4, -0.2) is 74.0 Å². The number of carbonyl (C=O) groups is 3. The fraction of sp³-hybridized carbons (Fsp3) is 0.444. The number of nitrogens with zero attached hydrogens (tertiary/aromatic N) is 1. The lowest BCUT2D eigenvalue weighted by molar-refractivity contribution is -0.137. The van der Waals surface area contributed by atoms with Gasteiger partial charge in [0.15, 0.2) is 0 Å². The second-order valence-electron chi connectivity index (χ2n) is 9.43. The van der Waals surface area contributed by atoms with Crippen LogP contribution in [0.15, 0.2) is 54.6 Å². The van der Waals surface area contributed by atoms with E-state index in [-0.39, 0.29) is 87.8 Å². The number of aryl methyl sites for hydroxylation is 1. The molecule has 0 radical (unpaired) electrons. The molecule has 0 saturated heterocycles. The van der Waals surface area contributed by atoms with Crippen LogP contribution in [0.1, 0.15) is 24.0 Å². The first kappa shape index (κ1) is 46.1. The minimum Gasteiger partial charge on any atom is -0.343 e. The van der Waals surface area contributed by atoms with E-state index >= 15 is 0 Å². The van der Waals surface area contributed by atoms with E-state index < -0.39 is 35.1 Å². The second-order valence-corrected chi connectivity index (χ2v) is 9.43. The molecule has 2 aromatic carbocycles. The highest BCUT2D eigenvalue weighted by Gasteiger charge is 2.38. The van der Waals surface area contributed by atoms with Crippen molar-refractivity contribution in [1.82, 2.24) is 15.5 Å². The van der Waals surface area contributed by atoms with Crippen LogP contribution in [0.25, 0.3) is 0 Å². The lowest BCUT2D eigenvalue weighted by Gasteiger charge is -2.34. The first-order valence-electron chi connectivity index (χ1n) is 12.9. The molecule has 2 atom stereocenters.